The molecule has 13 nitrogen and oxygen atoms in total. The van der Waals surface area contributed by atoms with E-state index in [0.29, 0.717) is 23.4 Å². The number of Topliss-reactive ketones (excluding diaryl/α,β-unsaturated/α-hetero) is 1. The summed E-state index contributed by atoms with van der Waals surface area (Å²) in [6.45, 7) is 0. The molecule has 0 amide bonds. The number of aromatic nitrogens is 8. The van der Waals surface area contributed by atoms with Gasteiger partial charge >= 0.3 is 0 Å². The Morgan fingerprint density at radius 2 is 1.04 bits per heavy atom. The summed E-state index contributed by atoms with van der Waals surface area (Å²) in [4.78, 5) is 50.1. The van der Waals surface area contributed by atoms with E-state index < -0.39 is 23.9 Å². The normalized spacial score (nSPS) is 13.5. The first-order chi connectivity index (χ1) is 26.6. The Morgan fingerprint density at radius 3 is 1.46 bits per heavy atom. The number of para-hydroxylation sites is 2. The number of nitrogens with one attached hydrogen (secondary N) is 4. The van der Waals surface area contributed by atoms with Crippen molar-refractivity contribution in [1.82, 2.24) is 39.9 Å². The topological polar surface area (TPSA) is 169 Å². The standard InChI is InChI=1S/C41H36N10O3/c1-53-35-23-44-21-33(48-35)50-39(25-9-7-15-42-17-25)37(29-19-46-31-13-5-3-11-27(29)31)41(52)38(30-20-47-32-14-6-4-12-28(30)32)40(26-10-8-16-43-18-26)51-34-22-45-24-36(49-34)54-2/h3-24,37-40,46-47H,1-2H3,(H,48,50)(H,49,51). The zero-order chi connectivity index (χ0) is 36.9. The fourth-order valence-corrected chi connectivity index (χ4v) is 7.08. The first-order valence-corrected chi connectivity index (χ1v) is 17.3. The van der Waals surface area contributed by atoms with Gasteiger partial charge in [0.2, 0.25) is 11.8 Å². The van der Waals surface area contributed by atoms with Crippen LogP contribution in [0.2, 0.25) is 0 Å². The number of ether oxygens (including phenoxy) is 2. The second-order valence-electron chi connectivity index (χ2n) is 12.6. The van der Waals surface area contributed by atoms with E-state index in [1.807, 2.05) is 85.2 Å². The molecule has 0 saturated carbocycles. The highest BCUT2D eigenvalue weighted by Gasteiger charge is 2.42. The molecule has 0 fully saturated rings. The Morgan fingerprint density at radius 1 is 0.574 bits per heavy atom. The number of H-pyrrole nitrogens is 2. The number of benzene rings is 2. The molecule has 8 aromatic rings. The summed E-state index contributed by atoms with van der Waals surface area (Å²) in [7, 11) is 3.07. The van der Waals surface area contributed by atoms with Crippen LogP contribution < -0.4 is 20.1 Å². The number of methoxy groups -OCH3 is 2. The highest BCUT2D eigenvalue weighted by atomic mass is 16.5. The maximum absolute atomic E-state index is 16.3. The second-order valence-corrected chi connectivity index (χ2v) is 12.6. The van der Waals surface area contributed by atoms with E-state index in [2.05, 4.69) is 50.5 Å². The number of carbonyl (C=O) groups is 1. The van der Waals surface area contributed by atoms with Gasteiger partial charge in [0.15, 0.2) is 5.78 Å². The van der Waals surface area contributed by atoms with Gasteiger partial charge in [-0.05, 0) is 46.5 Å². The molecule has 6 heterocycles. The van der Waals surface area contributed by atoms with Crippen LogP contribution in [-0.2, 0) is 4.79 Å². The average Bonchev–Trinajstić information content (AvgIpc) is 3.86. The number of aromatic amines is 2. The number of hydrogen-bond acceptors (Lipinski definition) is 11. The van der Waals surface area contributed by atoms with Crippen LogP contribution in [0.25, 0.3) is 21.8 Å². The molecule has 2 aromatic carbocycles. The molecule has 0 aliphatic heterocycles. The van der Waals surface area contributed by atoms with E-state index in [9.17, 15) is 0 Å². The molecule has 0 saturated heterocycles. The van der Waals surface area contributed by atoms with Crippen LogP contribution in [0.5, 0.6) is 11.8 Å². The van der Waals surface area contributed by atoms with Gasteiger partial charge in [-0.25, -0.2) is 0 Å². The van der Waals surface area contributed by atoms with Crippen molar-refractivity contribution >= 4 is 39.2 Å². The Balaban J connectivity index is 1.38. The van der Waals surface area contributed by atoms with Gasteiger partial charge in [-0.1, -0.05) is 48.5 Å². The van der Waals surface area contributed by atoms with Gasteiger partial charge in [-0.3, -0.25) is 24.7 Å². The molecule has 4 atom stereocenters. The Kier molecular flexibility index (Phi) is 9.57. The number of anilines is 2. The van der Waals surface area contributed by atoms with Crippen molar-refractivity contribution in [2.75, 3.05) is 24.9 Å². The Bertz CT molecular complexity index is 2330. The summed E-state index contributed by atoms with van der Waals surface area (Å²) >= 11 is 0. The number of carbonyl (C=O) groups excluding carboxylic acids is 1. The first-order valence-electron chi connectivity index (χ1n) is 17.3. The lowest BCUT2D eigenvalue weighted by Gasteiger charge is -2.34. The van der Waals surface area contributed by atoms with Crippen LogP contribution in [0.3, 0.4) is 0 Å². The van der Waals surface area contributed by atoms with Crippen molar-refractivity contribution in [2.45, 2.75) is 23.9 Å². The SMILES string of the molecule is COc1cncc(NC(c2cccnc2)C(C(=O)C(c2c[nH]c3ccccc23)C(Nc2cncc(OC)n2)c2cccnc2)c2c[nH]c3ccccc23)n1. The molecule has 0 radical (unpaired) electrons. The zero-order valence-corrected chi connectivity index (χ0v) is 29.4. The molecular formula is C41H36N10O3. The third-order valence-electron chi connectivity index (χ3n) is 9.53. The van der Waals surface area contributed by atoms with Crippen molar-refractivity contribution in [1.29, 1.82) is 0 Å². The Labute approximate surface area is 310 Å². The third-order valence-corrected chi connectivity index (χ3v) is 9.53. The molecule has 4 N–H and O–H groups in total. The molecular weight excluding hydrogens is 681 g/mol. The first kappa shape index (κ1) is 34.0. The van der Waals surface area contributed by atoms with Crippen molar-refractivity contribution in [3.63, 3.8) is 0 Å². The molecule has 0 bridgehead atoms. The van der Waals surface area contributed by atoms with Crippen LogP contribution in [0.15, 0.2) is 135 Å². The molecule has 0 aliphatic carbocycles. The lowest BCUT2D eigenvalue weighted by molar-refractivity contribution is -0.122. The summed E-state index contributed by atoms with van der Waals surface area (Å²) in [5.74, 6) is -0.229. The highest BCUT2D eigenvalue weighted by molar-refractivity contribution is 6.01. The van der Waals surface area contributed by atoms with Gasteiger partial charge in [0.1, 0.15) is 11.6 Å². The van der Waals surface area contributed by atoms with E-state index in [1.54, 1.807) is 37.2 Å². The Hall–Kier alpha value is -7.15. The van der Waals surface area contributed by atoms with E-state index in [4.69, 9.17) is 9.47 Å². The molecule has 0 aliphatic rings. The minimum Gasteiger partial charge on any atom is -0.480 e. The smallest absolute Gasteiger partial charge is 0.233 e. The number of ketones is 1. The third kappa shape index (κ3) is 6.77. The predicted molar refractivity (Wildman–Crippen MR) is 205 cm³/mol. The van der Waals surface area contributed by atoms with Crippen molar-refractivity contribution < 1.29 is 14.3 Å². The molecule has 13 heteroatoms. The van der Waals surface area contributed by atoms with Gasteiger partial charge < -0.3 is 30.1 Å². The van der Waals surface area contributed by atoms with E-state index in [-0.39, 0.29) is 5.78 Å². The van der Waals surface area contributed by atoms with Crippen LogP contribution in [0.4, 0.5) is 11.6 Å². The highest BCUT2D eigenvalue weighted by Crippen LogP contribution is 2.46. The van der Waals surface area contributed by atoms with Crippen molar-refractivity contribution in [2.24, 2.45) is 0 Å². The largest absolute Gasteiger partial charge is 0.480 e. The molecule has 0 spiro atoms. The number of rotatable bonds is 14. The number of fused-ring (bicyclic) bond motifs is 2. The molecule has 4 unspecified atom stereocenters. The lowest BCUT2D eigenvalue weighted by atomic mass is 9.74. The molecule has 8 rings (SSSR count). The van der Waals surface area contributed by atoms with Crippen molar-refractivity contribution in [3.05, 3.63) is 157 Å². The maximum atomic E-state index is 16.3. The van der Waals surface area contributed by atoms with Gasteiger partial charge in [0.25, 0.3) is 0 Å². The van der Waals surface area contributed by atoms with E-state index in [1.165, 1.54) is 26.6 Å². The molecule has 54 heavy (non-hydrogen) atoms. The van der Waals surface area contributed by atoms with Gasteiger partial charge in [0.05, 0.1) is 62.9 Å². The zero-order valence-electron chi connectivity index (χ0n) is 29.4. The second kappa shape index (κ2) is 15.2. The summed E-state index contributed by atoms with van der Waals surface area (Å²) < 4.78 is 10.9. The minimum atomic E-state index is -0.825. The molecule has 268 valence electrons. The fourth-order valence-electron chi connectivity index (χ4n) is 7.08. The monoisotopic (exact) mass is 716 g/mol. The maximum Gasteiger partial charge on any atom is 0.233 e. The summed E-state index contributed by atoms with van der Waals surface area (Å²) in [6, 6.07) is 22.2. The summed E-state index contributed by atoms with van der Waals surface area (Å²) in [6.07, 6.45) is 17.1. The van der Waals surface area contributed by atoms with Crippen LogP contribution >= 0.6 is 0 Å². The fraction of sp³-hybridized carbons (Fsp3) is 0.146. The summed E-state index contributed by atoms with van der Waals surface area (Å²) in [5.41, 5.74) is 4.93. The van der Waals surface area contributed by atoms with Gasteiger partial charge in [0, 0.05) is 59.0 Å². The van der Waals surface area contributed by atoms with Gasteiger partial charge in [-0.15, -0.1) is 0 Å². The molecule has 6 aromatic heterocycles. The van der Waals surface area contributed by atoms with E-state index >= 15 is 4.79 Å². The summed E-state index contributed by atoms with van der Waals surface area (Å²) in [5, 5.41) is 8.97. The lowest BCUT2D eigenvalue weighted by Crippen LogP contribution is -2.35. The van der Waals surface area contributed by atoms with Gasteiger partial charge in [-0.2, -0.15) is 9.97 Å². The van der Waals surface area contributed by atoms with Crippen LogP contribution in [0.1, 0.15) is 46.2 Å². The number of hydrogen-bond donors (Lipinski definition) is 4. The van der Waals surface area contributed by atoms with Crippen LogP contribution in [-0.4, -0.2) is 59.9 Å². The average molecular weight is 717 g/mol. The predicted octanol–water partition coefficient (Wildman–Crippen LogP) is 7.18. The van der Waals surface area contributed by atoms with E-state index in [0.717, 1.165) is 44.1 Å². The quantitative estimate of drug-likeness (QED) is 0.0900. The van der Waals surface area contributed by atoms with Crippen molar-refractivity contribution in [3.8, 4) is 11.8 Å². The number of pyridine rings is 2. The van der Waals surface area contributed by atoms with Crippen LogP contribution in [0, 0.1) is 0 Å². The number of nitrogens with zero attached hydrogens (tertiary/aromatic N) is 6. The minimum absolute atomic E-state index is 0.0982.